The Labute approximate surface area is 133 Å². The van der Waals surface area contributed by atoms with Gasteiger partial charge in [0.25, 0.3) is 0 Å². The van der Waals surface area contributed by atoms with Crippen molar-refractivity contribution >= 4 is 10.9 Å². The van der Waals surface area contributed by atoms with Crippen LogP contribution in [0.1, 0.15) is 49.4 Å². The molecule has 1 aliphatic carbocycles. The molecule has 0 radical (unpaired) electrons. The van der Waals surface area contributed by atoms with Crippen LogP contribution in [0, 0.1) is 11.8 Å². The number of aromatic nitrogens is 1. The van der Waals surface area contributed by atoms with Crippen LogP contribution in [0.2, 0.25) is 0 Å². The quantitative estimate of drug-likeness (QED) is 0.704. The van der Waals surface area contributed by atoms with E-state index in [1.165, 1.54) is 62.5 Å². The fourth-order valence-electron chi connectivity index (χ4n) is 5.67. The van der Waals surface area contributed by atoms with Crippen LogP contribution >= 0.6 is 0 Å². The molecule has 0 bridgehead atoms. The standard InChI is InChI=1S/C20H26N2/c1-21-18-9-5-4-8-16(18)17-10-11-22-13-15-7-3-2-6-14(15)12-19(22)20(17)21/h4-5,8-9,14-15,19H,2-3,6-7,10-13H2,1H3/t14-,15-,19-/m1/s1. The number of fused-ring (bicyclic) bond motifs is 6. The molecule has 22 heavy (non-hydrogen) atoms. The highest BCUT2D eigenvalue weighted by molar-refractivity contribution is 5.86. The number of hydrogen-bond acceptors (Lipinski definition) is 1. The van der Waals surface area contributed by atoms with Gasteiger partial charge in [-0.2, -0.15) is 0 Å². The average molecular weight is 294 g/mol. The molecule has 3 aliphatic rings. The van der Waals surface area contributed by atoms with E-state index in [1.54, 1.807) is 11.3 Å². The van der Waals surface area contributed by atoms with Crippen molar-refractivity contribution in [2.45, 2.75) is 44.6 Å². The second-order valence-corrected chi connectivity index (χ2v) is 7.74. The summed E-state index contributed by atoms with van der Waals surface area (Å²) in [5.74, 6) is 1.97. The van der Waals surface area contributed by atoms with Crippen LogP contribution in [-0.4, -0.2) is 22.6 Å². The number of nitrogens with zero attached hydrogens (tertiary/aromatic N) is 2. The Balaban J connectivity index is 1.61. The molecule has 1 aromatic heterocycles. The third-order valence-corrected chi connectivity index (χ3v) is 6.73. The van der Waals surface area contributed by atoms with E-state index in [9.17, 15) is 0 Å². The van der Waals surface area contributed by atoms with Gasteiger partial charge in [0.1, 0.15) is 0 Å². The summed E-state index contributed by atoms with van der Waals surface area (Å²) >= 11 is 0. The van der Waals surface area contributed by atoms with E-state index in [0.29, 0.717) is 6.04 Å². The summed E-state index contributed by atoms with van der Waals surface area (Å²) in [5.41, 5.74) is 4.71. The number of benzene rings is 1. The molecule has 5 rings (SSSR count). The molecule has 1 saturated carbocycles. The van der Waals surface area contributed by atoms with Crippen LogP contribution in [0.25, 0.3) is 10.9 Å². The monoisotopic (exact) mass is 294 g/mol. The van der Waals surface area contributed by atoms with Gasteiger partial charge in [-0.1, -0.05) is 37.5 Å². The number of rotatable bonds is 0. The molecule has 2 aromatic rings. The Morgan fingerprint density at radius 1 is 1.05 bits per heavy atom. The van der Waals surface area contributed by atoms with Crippen LogP contribution in [0.3, 0.4) is 0 Å². The van der Waals surface area contributed by atoms with Crippen LogP contribution in [0.4, 0.5) is 0 Å². The molecule has 2 fully saturated rings. The lowest BCUT2D eigenvalue weighted by molar-refractivity contribution is 0.0293. The Morgan fingerprint density at radius 2 is 1.86 bits per heavy atom. The zero-order chi connectivity index (χ0) is 14.7. The average Bonchev–Trinajstić information content (AvgIpc) is 2.87. The molecule has 0 unspecified atom stereocenters. The first kappa shape index (κ1) is 13.2. The van der Waals surface area contributed by atoms with Crippen molar-refractivity contribution in [1.82, 2.24) is 9.47 Å². The summed E-state index contributed by atoms with van der Waals surface area (Å²) in [6, 6.07) is 9.69. The molecule has 3 heterocycles. The maximum atomic E-state index is 2.81. The SMILES string of the molecule is Cn1c2c(c3ccccc31)CCN1C[C@H]3CCCC[C@@H]3C[C@H]21. The van der Waals surface area contributed by atoms with Crippen molar-refractivity contribution in [2.75, 3.05) is 13.1 Å². The third kappa shape index (κ3) is 1.76. The van der Waals surface area contributed by atoms with Gasteiger partial charge in [-0.25, -0.2) is 0 Å². The Hall–Kier alpha value is -1.28. The van der Waals surface area contributed by atoms with Gasteiger partial charge in [0.05, 0.1) is 6.04 Å². The molecular weight excluding hydrogens is 268 g/mol. The minimum atomic E-state index is 0.681. The first-order chi connectivity index (χ1) is 10.8. The van der Waals surface area contributed by atoms with E-state index in [4.69, 9.17) is 0 Å². The van der Waals surface area contributed by atoms with Crippen molar-refractivity contribution in [3.05, 3.63) is 35.5 Å². The number of piperidine rings is 1. The van der Waals surface area contributed by atoms with Crippen molar-refractivity contribution in [1.29, 1.82) is 0 Å². The van der Waals surface area contributed by atoms with Gasteiger partial charge in [0.2, 0.25) is 0 Å². The molecule has 2 nitrogen and oxygen atoms in total. The molecule has 0 N–H and O–H groups in total. The highest BCUT2D eigenvalue weighted by Gasteiger charge is 2.41. The summed E-state index contributed by atoms with van der Waals surface area (Å²) in [6.07, 6.45) is 8.55. The maximum absolute atomic E-state index is 2.81. The lowest BCUT2D eigenvalue weighted by Crippen LogP contribution is -2.47. The molecule has 3 atom stereocenters. The van der Waals surface area contributed by atoms with Crippen molar-refractivity contribution in [3.8, 4) is 0 Å². The molecule has 2 heteroatoms. The molecular formula is C20H26N2. The molecule has 0 amide bonds. The highest BCUT2D eigenvalue weighted by atomic mass is 15.2. The summed E-state index contributed by atoms with van der Waals surface area (Å²) in [4.78, 5) is 2.81. The predicted octanol–water partition coefficient (Wildman–Crippen LogP) is 4.29. The maximum Gasteiger partial charge on any atom is 0.0506 e. The van der Waals surface area contributed by atoms with Gasteiger partial charge < -0.3 is 4.57 Å². The number of hydrogen-bond donors (Lipinski definition) is 0. The lowest BCUT2D eigenvalue weighted by atomic mass is 9.71. The van der Waals surface area contributed by atoms with Crippen molar-refractivity contribution in [3.63, 3.8) is 0 Å². The molecule has 2 aliphatic heterocycles. The number of aryl methyl sites for hydroxylation is 1. The first-order valence-corrected chi connectivity index (χ1v) is 9.13. The van der Waals surface area contributed by atoms with Gasteiger partial charge in [-0.05, 0) is 42.7 Å². The summed E-state index contributed by atoms with van der Waals surface area (Å²) in [6.45, 7) is 2.63. The summed E-state index contributed by atoms with van der Waals surface area (Å²) < 4.78 is 2.50. The lowest BCUT2D eigenvalue weighted by Gasteiger charge is -2.48. The molecule has 116 valence electrons. The van der Waals surface area contributed by atoms with E-state index in [1.807, 2.05) is 0 Å². The fraction of sp³-hybridized carbons (Fsp3) is 0.600. The normalized spacial score (nSPS) is 31.6. The topological polar surface area (TPSA) is 8.17 Å². The largest absolute Gasteiger partial charge is 0.346 e. The Bertz CT molecular complexity index is 714. The molecule has 0 spiro atoms. The van der Waals surface area contributed by atoms with E-state index in [-0.39, 0.29) is 0 Å². The second kappa shape index (κ2) is 4.86. The minimum absolute atomic E-state index is 0.681. The van der Waals surface area contributed by atoms with Crippen LogP contribution in [0.5, 0.6) is 0 Å². The molecule has 1 aromatic carbocycles. The predicted molar refractivity (Wildman–Crippen MR) is 91.0 cm³/mol. The zero-order valence-electron chi connectivity index (χ0n) is 13.6. The Morgan fingerprint density at radius 3 is 2.77 bits per heavy atom. The smallest absolute Gasteiger partial charge is 0.0506 e. The summed E-state index contributed by atoms with van der Waals surface area (Å²) in [7, 11) is 2.29. The van der Waals surface area contributed by atoms with Crippen molar-refractivity contribution in [2.24, 2.45) is 18.9 Å². The van der Waals surface area contributed by atoms with E-state index in [2.05, 4.69) is 40.8 Å². The second-order valence-electron chi connectivity index (χ2n) is 7.74. The van der Waals surface area contributed by atoms with Crippen molar-refractivity contribution < 1.29 is 0 Å². The van der Waals surface area contributed by atoms with Gasteiger partial charge in [0.15, 0.2) is 0 Å². The minimum Gasteiger partial charge on any atom is -0.346 e. The van der Waals surface area contributed by atoms with Crippen LogP contribution in [0.15, 0.2) is 24.3 Å². The van der Waals surface area contributed by atoms with Gasteiger partial charge in [-0.3, -0.25) is 4.90 Å². The molecule has 1 saturated heterocycles. The Kier molecular flexibility index (Phi) is 2.91. The van der Waals surface area contributed by atoms with Crippen LogP contribution in [-0.2, 0) is 13.5 Å². The van der Waals surface area contributed by atoms with E-state index in [0.717, 1.165) is 11.8 Å². The fourth-order valence-corrected chi connectivity index (χ4v) is 5.67. The van der Waals surface area contributed by atoms with Crippen LogP contribution < -0.4 is 0 Å². The van der Waals surface area contributed by atoms with Gasteiger partial charge in [0, 0.05) is 36.7 Å². The highest BCUT2D eigenvalue weighted by Crippen LogP contribution is 2.47. The number of para-hydroxylation sites is 1. The van der Waals surface area contributed by atoms with Gasteiger partial charge >= 0.3 is 0 Å². The zero-order valence-corrected chi connectivity index (χ0v) is 13.6. The summed E-state index contributed by atoms with van der Waals surface area (Å²) in [5, 5.41) is 1.51. The van der Waals surface area contributed by atoms with E-state index >= 15 is 0 Å². The van der Waals surface area contributed by atoms with E-state index < -0.39 is 0 Å². The van der Waals surface area contributed by atoms with Gasteiger partial charge in [-0.15, -0.1) is 0 Å². The third-order valence-electron chi connectivity index (χ3n) is 6.73. The first-order valence-electron chi connectivity index (χ1n) is 9.13.